The Morgan fingerprint density at radius 1 is 1.29 bits per heavy atom. The average molecular weight is 238 g/mol. The summed E-state index contributed by atoms with van der Waals surface area (Å²) in [6.45, 7) is 2.80. The lowest BCUT2D eigenvalue weighted by Gasteiger charge is -2.04. The third kappa shape index (κ3) is 5.29. The summed E-state index contributed by atoms with van der Waals surface area (Å²) in [5, 5.41) is 10.4. The minimum absolute atomic E-state index is 0.0136. The number of unbranched alkanes of at least 4 members (excludes halogenated alkanes) is 4. The van der Waals surface area contributed by atoms with Crippen molar-refractivity contribution < 1.29 is 9.66 Å². The van der Waals surface area contributed by atoms with E-state index in [-0.39, 0.29) is 5.69 Å². The average Bonchev–Trinajstić information content (AvgIpc) is 2.34. The van der Waals surface area contributed by atoms with Crippen LogP contribution in [0.1, 0.15) is 39.0 Å². The van der Waals surface area contributed by atoms with Crippen LogP contribution < -0.4 is 4.74 Å². The molecule has 0 spiro atoms. The van der Waals surface area contributed by atoms with Gasteiger partial charge in [-0.05, 0) is 6.42 Å². The van der Waals surface area contributed by atoms with E-state index in [0.29, 0.717) is 12.5 Å². The zero-order chi connectivity index (χ0) is 12.5. The number of ether oxygens (including phenoxy) is 1. The van der Waals surface area contributed by atoms with Crippen LogP contribution >= 0.6 is 0 Å². The molecule has 17 heavy (non-hydrogen) atoms. The molecule has 0 fully saturated rings. The maximum atomic E-state index is 10.4. The Hall–Kier alpha value is -1.65. The van der Waals surface area contributed by atoms with Crippen LogP contribution in [0.5, 0.6) is 5.88 Å². The number of aromatic nitrogens is 1. The van der Waals surface area contributed by atoms with Crippen molar-refractivity contribution in [1.29, 1.82) is 0 Å². The zero-order valence-corrected chi connectivity index (χ0v) is 10.1. The standard InChI is InChI=1S/C12H18N2O3/c1-2-3-4-5-6-9-17-12-8-7-11(10-13-12)14(15)16/h7-8,10H,2-6,9H2,1H3. The van der Waals surface area contributed by atoms with Crippen molar-refractivity contribution in [2.75, 3.05) is 6.61 Å². The van der Waals surface area contributed by atoms with Crippen LogP contribution in [-0.4, -0.2) is 16.5 Å². The van der Waals surface area contributed by atoms with E-state index in [9.17, 15) is 10.1 Å². The minimum Gasteiger partial charge on any atom is -0.478 e. The smallest absolute Gasteiger partial charge is 0.287 e. The van der Waals surface area contributed by atoms with Gasteiger partial charge in [-0.25, -0.2) is 4.98 Å². The summed E-state index contributed by atoms with van der Waals surface area (Å²) in [5.41, 5.74) is -0.0136. The molecule has 1 aromatic rings. The van der Waals surface area contributed by atoms with Crippen molar-refractivity contribution in [3.63, 3.8) is 0 Å². The van der Waals surface area contributed by atoms with Crippen molar-refractivity contribution in [2.24, 2.45) is 0 Å². The van der Waals surface area contributed by atoms with E-state index < -0.39 is 4.92 Å². The number of nitrogens with zero attached hydrogens (tertiary/aromatic N) is 2. The van der Waals surface area contributed by atoms with Gasteiger partial charge in [-0.15, -0.1) is 0 Å². The van der Waals surface area contributed by atoms with Crippen molar-refractivity contribution >= 4 is 5.69 Å². The Balaban J connectivity index is 2.21. The molecule has 0 N–H and O–H groups in total. The van der Waals surface area contributed by atoms with Crippen LogP contribution in [0.4, 0.5) is 5.69 Å². The van der Waals surface area contributed by atoms with Crippen LogP contribution in [0.25, 0.3) is 0 Å². The van der Waals surface area contributed by atoms with Crippen molar-refractivity contribution in [2.45, 2.75) is 39.0 Å². The maximum Gasteiger partial charge on any atom is 0.287 e. The van der Waals surface area contributed by atoms with Crippen molar-refractivity contribution in [3.8, 4) is 5.88 Å². The van der Waals surface area contributed by atoms with Gasteiger partial charge in [0.1, 0.15) is 6.20 Å². The van der Waals surface area contributed by atoms with Gasteiger partial charge in [0, 0.05) is 12.1 Å². The first-order valence-corrected chi connectivity index (χ1v) is 5.97. The van der Waals surface area contributed by atoms with Crippen LogP contribution in [-0.2, 0) is 0 Å². The molecule has 0 atom stereocenters. The first-order chi connectivity index (χ1) is 8.24. The molecule has 0 aliphatic carbocycles. The van der Waals surface area contributed by atoms with Gasteiger partial charge >= 0.3 is 0 Å². The molecule has 1 rings (SSSR count). The lowest BCUT2D eigenvalue weighted by molar-refractivity contribution is -0.385. The molecule has 0 saturated heterocycles. The SMILES string of the molecule is CCCCCCCOc1ccc([N+](=O)[O-])cn1. The molecule has 0 amide bonds. The summed E-state index contributed by atoms with van der Waals surface area (Å²) in [4.78, 5) is 13.8. The number of rotatable bonds is 8. The molecule has 94 valence electrons. The molecular formula is C12H18N2O3. The minimum atomic E-state index is -0.471. The van der Waals surface area contributed by atoms with E-state index in [4.69, 9.17) is 4.74 Å². The largest absolute Gasteiger partial charge is 0.478 e. The van der Waals surface area contributed by atoms with Gasteiger partial charge in [0.2, 0.25) is 5.88 Å². The third-order valence-electron chi connectivity index (χ3n) is 2.43. The Bertz CT molecular complexity index is 338. The van der Waals surface area contributed by atoms with Gasteiger partial charge in [0.15, 0.2) is 0 Å². The number of hydrogen-bond acceptors (Lipinski definition) is 4. The third-order valence-corrected chi connectivity index (χ3v) is 2.43. The summed E-state index contributed by atoms with van der Waals surface area (Å²) in [6.07, 6.45) is 7.08. The van der Waals surface area contributed by atoms with Crippen LogP contribution in [0, 0.1) is 10.1 Å². The van der Waals surface area contributed by atoms with E-state index in [1.54, 1.807) is 0 Å². The van der Waals surface area contributed by atoms with Gasteiger partial charge in [-0.1, -0.05) is 32.6 Å². The molecular weight excluding hydrogens is 220 g/mol. The predicted molar refractivity (Wildman–Crippen MR) is 65.1 cm³/mol. The summed E-state index contributed by atoms with van der Waals surface area (Å²) in [5.74, 6) is 0.450. The quantitative estimate of drug-likeness (QED) is 0.396. The summed E-state index contributed by atoms with van der Waals surface area (Å²) in [6, 6.07) is 2.93. The summed E-state index contributed by atoms with van der Waals surface area (Å²) < 4.78 is 5.39. The van der Waals surface area contributed by atoms with Crippen molar-refractivity contribution in [1.82, 2.24) is 4.98 Å². The van der Waals surface area contributed by atoms with Gasteiger partial charge in [0.05, 0.1) is 11.5 Å². The highest BCUT2D eigenvalue weighted by molar-refractivity contribution is 5.28. The topological polar surface area (TPSA) is 65.3 Å². The molecule has 0 aliphatic rings. The number of nitro groups is 1. The normalized spacial score (nSPS) is 10.2. The molecule has 0 unspecified atom stereocenters. The number of hydrogen-bond donors (Lipinski definition) is 0. The zero-order valence-electron chi connectivity index (χ0n) is 10.1. The Kier molecular flexibility index (Phi) is 5.99. The van der Waals surface area contributed by atoms with Crippen LogP contribution in [0.15, 0.2) is 18.3 Å². The molecule has 0 aromatic carbocycles. The lowest BCUT2D eigenvalue weighted by Crippen LogP contribution is -1.99. The fourth-order valence-corrected chi connectivity index (χ4v) is 1.45. The first kappa shape index (κ1) is 13.4. The highest BCUT2D eigenvalue weighted by Crippen LogP contribution is 2.13. The second kappa shape index (κ2) is 7.60. The van der Waals surface area contributed by atoms with E-state index in [2.05, 4.69) is 11.9 Å². The predicted octanol–water partition coefficient (Wildman–Crippen LogP) is 3.34. The molecule has 1 heterocycles. The Morgan fingerprint density at radius 3 is 2.65 bits per heavy atom. The van der Waals surface area contributed by atoms with Gasteiger partial charge in [-0.2, -0.15) is 0 Å². The fraction of sp³-hybridized carbons (Fsp3) is 0.583. The monoisotopic (exact) mass is 238 g/mol. The second-order valence-electron chi connectivity index (χ2n) is 3.87. The fourth-order valence-electron chi connectivity index (χ4n) is 1.45. The molecule has 5 nitrogen and oxygen atoms in total. The van der Waals surface area contributed by atoms with Crippen LogP contribution in [0.3, 0.4) is 0 Å². The highest BCUT2D eigenvalue weighted by atomic mass is 16.6. The molecule has 0 bridgehead atoms. The van der Waals surface area contributed by atoms with E-state index in [1.807, 2.05) is 0 Å². The summed E-state index contributed by atoms with van der Waals surface area (Å²) in [7, 11) is 0. The first-order valence-electron chi connectivity index (χ1n) is 5.97. The Morgan fingerprint density at radius 2 is 2.06 bits per heavy atom. The second-order valence-corrected chi connectivity index (χ2v) is 3.87. The molecule has 0 radical (unpaired) electrons. The van der Waals surface area contributed by atoms with Gasteiger partial charge in [-0.3, -0.25) is 10.1 Å². The number of pyridine rings is 1. The highest BCUT2D eigenvalue weighted by Gasteiger charge is 2.05. The molecule has 1 aromatic heterocycles. The van der Waals surface area contributed by atoms with Crippen LogP contribution in [0.2, 0.25) is 0 Å². The van der Waals surface area contributed by atoms with E-state index >= 15 is 0 Å². The summed E-state index contributed by atoms with van der Waals surface area (Å²) >= 11 is 0. The van der Waals surface area contributed by atoms with E-state index in [1.165, 1.54) is 37.6 Å². The maximum absolute atomic E-state index is 10.4. The molecule has 0 saturated carbocycles. The lowest BCUT2D eigenvalue weighted by atomic mass is 10.2. The Labute approximate surface area is 101 Å². The van der Waals surface area contributed by atoms with Gasteiger partial charge < -0.3 is 4.74 Å². The van der Waals surface area contributed by atoms with Crippen molar-refractivity contribution in [3.05, 3.63) is 28.4 Å². The molecule has 5 heteroatoms. The molecule has 0 aliphatic heterocycles. The van der Waals surface area contributed by atoms with Gasteiger partial charge in [0.25, 0.3) is 5.69 Å². The van der Waals surface area contributed by atoms with E-state index in [0.717, 1.165) is 12.8 Å².